The number of carbonyl (C=O) groups excluding carboxylic acids is 1. The first-order valence-corrected chi connectivity index (χ1v) is 10.3. The number of carbonyl (C=O) groups is 1. The largest absolute Gasteiger partial charge is 0.497 e. The fourth-order valence-corrected chi connectivity index (χ4v) is 4.25. The van der Waals surface area contributed by atoms with E-state index in [-0.39, 0.29) is 11.9 Å². The zero-order valence-corrected chi connectivity index (χ0v) is 16.5. The van der Waals surface area contributed by atoms with Gasteiger partial charge in [0.1, 0.15) is 12.1 Å². The molecule has 0 saturated heterocycles. The third kappa shape index (κ3) is 4.04. The van der Waals surface area contributed by atoms with Crippen molar-refractivity contribution in [2.24, 2.45) is 0 Å². The van der Waals surface area contributed by atoms with Gasteiger partial charge in [-0.3, -0.25) is 9.36 Å². The molecule has 0 fully saturated rings. The van der Waals surface area contributed by atoms with Crippen molar-refractivity contribution in [1.82, 2.24) is 20.1 Å². The number of aromatic nitrogens is 3. The SMILES string of the molecule is COc1ccc(-n2cnnc2SCC(=O)N[C@H]2CCCc3ccccc32)cc1. The average molecular weight is 395 g/mol. The van der Waals surface area contributed by atoms with Crippen LogP contribution in [0.5, 0.6) is 5.75 Å². The molecule has 1 aromatic heterocycles. The highest BCUT2D eigenvalue weighted by molar-refractivity contribution is 7.99. The van der Waals surface area contributed by atoms with Gasteiger partial charge in [-0.1, -0.05) is 36.0 Å². The molecule has 0 aliphatic heterocycles. The van der Waals surface area contributed by atoms with E-state index < -0.39 is 0 Å². The molecular formula is C21H22N4O2S. The number of aryl methyl sites for hydroxylation is 1. The maximum atomic E-state index is 12.5. The minimum atomic E-state index is 0.0102. The van der Waals surface area contributed by atoms with Gasteiger partial charge in [0, 0.05) is 5.69 Å². The second-order valence-corrected chi connectivity index (χ2v) is 7.62. The minimum Gasteiger partial charge on any atom is -0.497 e. The van der Waals surface area contributed by atoms with Crippen LogP contribution in [0.4, 0.5) is 0 Å². The molecule has 3 aromatic rings. The predicted molar refractivity (Wildman–Crippen MR) is 109 cm³/mol. The molecule has 6 nitrogen and oxygen atoms in total. The highest BCUT2D eigenvalue weighted by Crippen LogP contribution is 2.29. The summed E-state index contributed by atoms with van der Waals surface area (Å²) in [6, 6.07) is 16.1. The van der Waals surface area contributed by atoms with Gasteiger partial charge in [0.05, 0.1) is 18.9 Å². The monoisotopic (exact) mass is 394 g/mol. The molecule has 1 aliphatic carbocycles. The van der Waals surface area contributed by atoms with Crippen molar-refractivity contribution in [2.75, 3.05) is 12.9 Å². The number of benzene rings is 2. The number of nitrogens with one attached hydrogen (secondary N) is 1. The minimum absolute atomic E-state index is 0.0102. The molecule has 2 aromatic carbocycles. The summed E-state index contributed by atoms with van der Waals surface area (Å²) in [5.74, 6) is 1.10. The maximum absolute atomic E-state index is 12.5. The molecule has 0 saturated carbocycles. The Labute approximate surface area is 168 Å². The van der Waals surface area contributed by atoms with E-state index in [1.807, 2.05) is 34.9 Å². The van der Waals surface area contributed by atoms with Crippen LogP contribution in [0.2, 0.25) is 0 Å². The zero-order chi connectivity index (χ0) is 19.3. The quantitative estimate of drug-likeness (QED) is 0.648. The van der Waals surface area contributed by atoms with E-state index in [9.17, 15) is 4.79 Å². The van der Waals surface area contributed by atoms with Crippen molar-refractivity contribution in [3.63, 3.8) is 0 Å². The molecule has 1 N–H and O–H groups in total. The lowest BCUT2D eigenvalue weighted by molar-refractivity contribution is -0.119. The molecule has 28 heavy (non-hydrogen) atoms. The fourth-order valence-electron chi connectivity index (χ4n) is 3.51. The first kappa shape index (κ1) is 18.6. The number of thioether (sulfide) groups is 1. The van der Waals surface area contributed by atoms with Crippen LogP contribution in [-0.2, 0) is 11.2 Å². The number of fused-ring (bicyclic) bond motifs is 1. The van der Waals surface area contributed by atoms with E-state index in [2.05, 4.69) is 33.7 Å². The van der Waals surface area contributed by atoms with Crippen LogP contribution in [0.25, 0.3) is 5.69 Å². The highest BCUT2D eigenvalue weighted by Gasteiger charge is 2.21. The summed E-state index contributed by atoms with van der Waals surface area (Å²) in [5, 5.41) is 12.0. The molecule has 0 spiro atoms. The van der Waals surface area contributed by atoms with Crippen LogP contribution < -0.4 is 10.1 Å². The molecule has 1 amide bonds. The first-order chi connectivity index (χ1) is 13.7. The topological polar surface area (TPSA) is 69.0 Å². The molecular weight excluding hydrogens is 372 g/mol. The van der Waals surface area contributed by atoms with E-state index in [1.165, 1.54) is 22.9 Å². The van der Waals surface area contributed by atoms with Gasteiger partial charge in [-0.15, -0.1) is 10.2 Å². The number of rotatable bonds is 6. The fraction of sp³-hybridized carbons (Fsp3) is 0.286. The molecule has 4 rings (SSSR count). The standard InChI is InChI=1S/C21H22N4O2S/c1-27-17-11-9-16(10-12-17)25-14-22-24-21(25)28-13-20(26)23-19-8-4-6-15-5-2-3-7-18(15)19/h2-3,5,7,9-12,14,19H,4,6,8,13H2,1H3,(H,23,26)/t19-/m0/s1. The zero-order valence-electron chi connectivity index (χ0n) is 15.7. The van der Waals surface area contributed by atoms with Gasteiger partial charge in [0.25, 0.3) is 0 Å². The van der Waals surface area contributed by atoms with Gasteiger partial charge in [0.2, 0.25) is 5.91 Å². The molecule has 0 bridgehead atoms. The Bertz CT molecular complexity index is 955. The molecule has 1 heterocycles. The van der Waals surface area contributed by atoms with Gasteiger partial charge < -0.3 is 10.1 Å². The summed E-state index contributed by atoms with van der Waals surface area (Å²) in [5.41, 5.74) is 3.51. The second-order valence-electron chi connectivity index (χ2n) is 6.68. The first-order valence-electron chi connectivity index (χ1n) is 9.29. The van der Waals surface area contributed by atoms with Gasteiger partial charge in [-0.05, 0) is 54.7 Å². The molecule has 0 radical (unpaired) electrons. The van der Waals surface area contributed by atoms with Crippen molar-refractivity contribution in [1.29, 1.82) is 0 Å². The third-order valence-corrected chi connectivity index (χ3v) is 5.85. The van der Waals surface area contributed by atoms with Crippen LogP contribution in [0.1, 0.15) is 30.0 Å². The van der Waals surface area contributed by atoms with Crippen molar-refractivity contribution in [3.05, 3.63) is 66.0 Å². The lowest BCUT2D eigenvalue weighted by Crippen LogP contribution is -2.32. The van der Waals surface area contributed by atoms with Crippen molar-refractivity contribution in [2.45, 2.75) is 30.5 Å². The Morgan fingerprint density at radius 1 is 1.25 bits per heavy atom. The van der Waals surface area contributed by atoms with Crippen LogP contribution in [0, 0.1) is 0 Å². The van der Waals surface area contributed by atoms with Crippen molar-refractivity contribution in [3.8, 4) is 11.4 Å². The lowest BCUT2D eigenvalue weighted by Gasteiger charge is -2.26. The Morgan fingerprint density at radius 3 is 2.89 bits per heavy atom. The summed E-state index contributed by atoms with van der Waals surface area (Å²) in [6.07, 6.45) is 4.82. The normalized spacial score (nSPS) is 15.7. The molecule has 1 atom stereocenters. The number of hydrogen-bond acceptors (Lipinski definition) is 5. The van der Waals surface area contributed by atoms with E-state index in [1.54, 1.807) is 13.4 Å². The smallest absolute Gasteiger partial charge is 0.230 e. The maximum Gasteiger partial charge on any atom is 0.230 e. The summed E-state index contributed by atoms with van der Waals surface area (Å²) in [7, 11) is 1.64. The summed E-state index contributed by atoms with van der Waals surface area (Å²) < 4.78 is 7.06. The van der Waals surface area contributed by atoms with Gasteiger partial charge in [-0.25, -0.2) is 0 Å². The molecule has 144 valence electrons. The number of ether oxygens (including phenoxy) is 1. The van der Waals surface area contributed by atoms with E-state index in [0.29, 0.717) is 10.9 Å². The number of amides is 1. The molecule has 0 unspecified atom stereocenters. The number of hydrogen-bond donors (Lipinski definition) is 1. The Balaban J connectivity index is 1.39. The Kier molecular flexibility index (Phi) is 5.62. The number of nitrogens with zero attached hydrogens (tertiary/aromatic N) is 3. The summed E-state index contributed by atoms with van der Waals surface area (Å²) in [4.78, 5) is 12.5. The second kappa shape index (κ2) is 8.48. The van der Waals surface area contributed by atoms with E-state index in [4.69, 9.17) is 4.74 Å². The van der Waals surface area contributed by atoms with Crippen molar-refractivity contribution < 1.29 is 9.53 Å². The third-order valence-electron chi connectivity index (χ3n) is 4.90. The van der Waals surface area contributed by atoms with E-state index >= 15 is 0 Å². The van der Waals surface area contributed by atoms with Gasteiger partial charge in [0.15, 0.2) is 5.16 Å². The predicted octanol–water partition coefficient (Wildman–Crippen LogP) is 3.56. The lowest BCUT2D eigenvalue weighted by atomic mass is 9.88. The summed E-state index contributed by atoms with van der Waals surface area (Å²) >= 11 is 1.38. The van der Waals surface area contributed by atoms with Crippen LogP contribution in [-0.4, -0.2) is 33.5 Å². The average Bonchev–Trinajstić information content (AvgIpc) is 3.21. The van der Waals surface area contributed by atoms with Crippen LogP contribution >= 0.6 is 11.8 Å². The molecule has 7 heteroatoms. The number of methoxy groups -OCH3 is 1. The summed E-state index contributed by atoms with van der Waals surface area (Å²) in [6.45, 7) is 0. The Morgan fingerprint density at radius 2 is 2.07 bits per heavy atom. The van der Waals surface area contributed by atoms with E-state index in [0.717, 1.165) is 30.7 Å². The van der Waals surface area contributed by atoms with Crippen molar-refractivity contribution >= 4 is 17.7 Å². The highest BCUT2D eigenvalue weighted by atomic mass is 32.2. The van der Waals surface area contributed by atoms with Crippen LogP contribution in [0.3, 0.4) is 0 Å². The van der Waals surface area contributed by atoms with Gasteiger partial charge in [-0.2, -0.15) is 0 Å². The van der Waals surface area contributed by atoms with Crippen LogP contribution in [0.15, 0.2) is 60.0 Å². The van der Waals surface area contributed by atoms with Gasteiger partial charge >= 0.3 is 0 Å². The Hall–Kier alpha value is -2.80. The molecule has 1 aliphatic rings.